The van der Waals surface area contributed by atoms with Crippen LogP contribution in [0, 0.1) is 0 Å². The van der Waals surface area contributed by atoms with Gasteiger partial charge in [0.1, 0.15) is 5.84 Å². The first-order chi connectivity index (χ1) is 8.19. The molecule has 17 heavy (non-hydrogen) atoms. The molecule has 0 saturated heterocycles. The Morgan fingerprint density at radius 1 is 1.18 bits per heavy atom. The predicted molar refractivity (Wildman–Crippen MR) is 76.5 cm³/mol. The summed E-state index contributed by atoms with van der Waals surface area (Å²) in [5.41, 5.74) is 0.987. The lowest BCUT2D eigenvalue weighted by Crippen LogP contribution is -2.25. The zero-order valence-electron chi connectivity index (χ0n) is 10.3. The van der Waals surface area contributed by atoms with Crippen LogP contribution in [0.1, 0.15) is 32.3 Å². The number of rotatable bonds is 5. The Morgan fingerprint density at radius 2 is 1.94 bits per heavy atom. The second-order valence-corrected chi connectivity index (χ2v) is 4.60. The van der Waals surface area contributed by atoms with Crippen LogP contribution in [0.25, 0.3) is 0 Å². The van der Waals surface area contributed by atoms with Gasteiger partial charge >= 0.3 is 0 Å². The summed E-state index contributed by atoms with van der Waals surface area (Å²) in [6.07, 6.45) is 2.09. The number of benzene rings is 1. The highest BCUT2D eigenvalue weighted by atomic mass is 35.5. The van der Waals surface area contributed by atoms with Gasteiger partial charge in [-0.3, -0.25) is 4.99 Å². The van der Waals surface area contributed by atoms with E-state index < -0.39 is 0 Å². The molecule has 0 amide bonds. The first-order valence-corrected chi connectivity index (χ1v) is 6.68. The van der Waals surface area contributed by atoms with E-state index >= 15 is 0 Å². The van der Waals surface area contributed by atoms with Crippen molar-refractivity contribution in [2.45, 2.75) is 26.7 Å². The molecule has 1 aromatic carbocycles. The molecule has 1 rings (SSSR count). The second-order valence-electron chi connectivity index (χ2n) is 3.79. The molecule has 94 valence electrons. The summed E-state index contributed by atoms with van der Waals surface area (Å²) in [5, 5.41) is 4.45. The van der Waals surface area contributed by atoms with E-state index in [0.717, 1.165) is 37.3 Å². The van der Waals surface area contributed by atoms with Gasteiger partial charge in [-0.1, -0.05) is 37.0 Å². The highest BCUT2D eigenvalue weighted by Crippen LogP contribution is 2.22. The van der Waals surface area contributed by atoms with E-state index in [-0.39, 0.29) is 0 Å². The molecular weight excluding hydrogens is 255 g/mol. The molecule has 0 spiro atoms. The monoisotopic (exact) mass is 272 g/mol. The van der Waals surface area contributed by atoms with Gasteiger partial charge in [0.05, 0.1) is 10.0 Å². The number of halogens is 2. The molecular formula is C13H18Cl2N2. The van der Waals surface area contributed by atoms with E-state index in [2.05, 4.69) is 24.2 Å². The van der Waals surface area contributed by atoms with Crippen molar-refractivity contribution >= 4 is 29.0 Å². The topological polar surface area (TPSA) is 24.4 Å². The molecule has 0 unspecified atom stereocenters. The third kappa shape index (κ3) is 4.57. The van der Waals surface area contributed by atoms with Gasteiger partial charge in [0.25, 0.3) is 0 Å². The molecule has 0 heterocycles. The first kappa shape index (κ1) is 14.3. The van der Waals surface area contributed by atoms with Gasteiger partial charge in [-0.2, -0.15) is 0 Å². The van der Waals surface area contributed by atoms with Crippen LogP contribution in [0.4, 0.5) is 0 Å². The number of hydrogen-bond acceptors (Lipinski definition) is 1. The van der Waals surface area contributed by atoms with Crippen LogP contribution in [0.2, 0.25) is 10.0 Å². The fraction of sp³-hybridized carbons (Fsp3) is 0.462. The number of amidine groups is 1. The van der Waals surface area contributed by atoms with Crippen molar-refractivity contribution < 1.29 is 0 Å². The van der Waals surface area contributed by atoms with Gasteiger partial charge in [-0.05, 0) is 31.0 Å². The molecule has 2 nitrogen and oxygen atoms in total. The van der Waals surface area contributed by atoms with E-state index in [1.807, 2.05) is 12.1 Å². The van der Waals surface area contributed by atoms with E-state index in [9.17, 15) is 0 Å². The van der Waals surface area contributed by atoms with E-state index in [1.165, 1.54) is 0 Å². The summed E-state index contributed by atoms with van der Waals surface area (Å²) in [6, 6.07) is 5.58. The minimum Gasteiger partial charge on any atom is -0.370 e. The maximum Gasteiger partial charge on any atom is 0.128 e. The number of nitrogens with zero attached hydrogens (tertiary/aromatic N) is 1. The molecule has 0 fully saturated rings. The minimum absolute atomic E-state index is 0.562. The Hall–Kier alpha value is -0.730. The van der Waals surface area contributed by atoms with Crippen molar-refractivity contribution in [3.63, 3.8) is 0 Å². The zero-order chi connectivity index (χ0) is 12.7. The fourth-order valence-electron chi connectivity index (χ4n) is 1.36. The molecule has 0 aliphatic heterocycles. The average Bonchev–Trinajstić information content (AvgIpc) is 2.33. The van der Waals surface area contributed by atoms with Crippen molar-refractivity contribution in [2.75, 3.05) is 13.1 Å². The normalized spacial score (nSPS) is 11.6. The predicted octanol–water partition coefficient (Wildman–Crippen LogP) is 4.15. The van der Waals surface area contributed by atoms with Crippen LogP contribution in [-0.4, -0.2) is 18.9 Å². The third-order valence-corrected chi connectivity index (χ3v) is 2.97. The van der Waals surface area contributed by atoms with Crippen molar-refractivity contribution in [1.29, 1.82) is 0 Å². The van der Waals surface area contributed by atoms with Crippen LogP contribution < -0.4 is 5.32 Å². The van der Waals surface area contributed by atoms with Gasteiger partial charge < -0.3 is 5.32 Å². The summed E-state index contributed by atoms with van der Waals surface area (Å²) in [5.74, 6) is 0.896. The molecule has 0 radical (unpaired) electrons. The highest BCUT2D eigenvalue weighted by molar-refractivity contribution is 6.42. The van der Waals surface area contributed by atoms with Gasteiger partial charge in [-0.25, -0.2) is 0 Å². The molecule has 0 bridgehead atoms. The number of aliphatic imine (C=N–C) groups is 1. The van der Waals surface area contributed by atoms with E-state index in [4.69, 9.17) is 23.2 Å². The Bertz CT molecular complexity index is 389. The number of nitrogens with one attached hydrogen (secondary N) is 1. The Morgan fingerprint density at radius 3 is 2.53 bits per heavy atom. The molecule has 0 atom stereocenters. The molecule has 0 aliphatic rings. The lowest BCUT2D eigenvalue weighted by atomic mass is 10.2. The summed E-state index contributed by atoms with van der Waals surface area (Å²) >= 11 is 11.9. The summed E-state index contributed by atoms with van der Waals surface area (Å²) in [7, 11) is 0. The van der Waals surface area contributed by atoms with Gasteiger partial charge in [0.2, 0.25) is 0 Å². The van der Waals surface area contributed by atoms with Gasteiger partial charge in [0.15, 0.2) is 0 Å². The van der Waals surface area contributed by atoms with Crippen LogP contribution in [-0.2, 0) is 0 Å². The van der Waals surface area contributed by atoms with Crippen molar-refractivity contribution in [3.05, 3.63) is 33.8 Å². The average molecular weight is 273 g/mol. The minimum atomic E-state index is 0.562. The molecule has 1 aromatic rings. The summed E-state index contributed by atoms with van der Waals surface area (Å²) in [6.45, 7) is 5.95. The standard InChI is InChI=1S/C13H18Cl2N2/c1-3-7-16-13(17-8-4-2)10-5-6-11(14)12(15)9-10/h5-6,9H,3-4,7-8H2,1-2H3,(H,16,17). The lowest BCUT2D eigenvalue weighted by molar-refractivity contribution is 0.827. The Labute approximate surface area is 113 Å². The zero-order valence-corrected chi connectivity index (χ0v) is 11.8. The second kappa shape index (κ2) is 7.57. The van der Waals surface area contributed by atoms with Gasteiger partial charge in [0, 0.05) is 18.7 Å². The quantitative estimate of drug-likeness (QED) is 0.632. The first-order valence-electron chi connectivity index (χ1n) is 5.92. The smallest absolute Gasteiger partial charge is 0.128 e. The molecule has 0 saturated carbocycles. The molecule has 4 heteroatoms. The maximum absolute atomic E-state index is 6.01. The van der Waals surface area contributed by atoms with E-state index in [1.54, 1.807) is 6.07 Å². The Balaban J connectivity index is 2.91. The molecule has 0 aromatic heterocycles. The van der Waals surface area contributed by atoms with Crippen LogP contribution in [0.15, 0.2) is 23.2 Å². The maximum atomic E-state index is 6.01. The van der Waals surface area contributed by atoms with Crippen LogP contribution in [0.3, 0.4) is 0 Å². The highest BCUT2D eigenvalue weighted by Gasteiger charge is 2.05. The summed E-state index contributed by atoms with van der Waals surface area (Å²) in [4.78, 5) is 4.52. The van der Waals surface area contributed by atoms with Crippen LogP contribution in [0.5, 0.6) is 0 Å². The van der Waals surface area contributed by atoms with Gasteiger partial charge in [-0.15, -0.1) is 0 Å². The van der Waals surface area contributed by atoms with Crippen molar-refractivity contribution in [1.82, 2.24) is 5.32 Å². The molecule has 0 aliphatic carbocycles. The van der Waals surface area contributed by atoms with Crippen molar-refractivity contribution in [2.24, 2.45) is 4.99 Å². The van der Waals surface area contributed by atoms with Crippen molar-refractivity contribution in [3.8, 4) is 0 Å². The van der Waals surface area contributed by atoms with Crippen LogP contribution >= 0.6 is 23.2 Å². The lowest BCUT2D eigenvalue weighted by Gasteiger charge is -2.10. The fourth-order valence-corrected chi connectivity index (χ4v) is 1.66. The summed E-state index contributed by atoms with van der Waals surface area (Å²) < 4.78 is 0. The van der Waals surface area contributed by atoms with E-state index in [0.29, 0.717) is 10.0 Å². The number of hydrogen-bond donors (Lipinski definition) is 1. The molecule has 1 N–H and O–H groups in total. The SMILES string of the molecule is CCC/N=C(\NCCC)c1ccc(Cl)c(Cl)c1. The Kier molecular flexibility index (Phi) is 6.38. The largest absolute Gasteiger partial charge is 0.370 e. The third-order valence-electron chi connectivity index (χ3n) is 2.23.